The standard InChI is InChI=1S/C23H21NO/c1-2-6-16-9-10-18-11-12-22-21(23(25)20(18)13-16)14-19(15-24-22)17-7-4-3-5-8-17/h3-5,7-15,18,20H,2,6H2,1H3. The molecule has 0 spiro atoms. The molecule has 0 saturated heterocycles. The van der Waals surface area contributed by atoms with Gasteiger partial charge >= 0.3 is 0 Å². The molecular formula is C23H21NO. The number of aromatic nitrogens is 1. The highest BCUT2D eigenvalue weighted by Gasteiger charge is 2.30. The summed E-state index contributed by atoms with van der Waals surface area (Å²) >= 11 is 0. The maximum absolute atomic E-state index is 13.2. The third-order valence-electron chi connectivity index (χ3n) is 4.95. The summed E-state index contributed by atoms with van der Waals surface area (Å²) in [6.45, 7) is 2.17. The zero-order valence-corrected chi connectivity index (χ0v) is 14.4. The van der Waals surface area contributed by atoms with Gasteiger partial charge in [-0.3, -0.25) is 9.78 Å². The number of hydrogen-bond donors (Lipinski definition) is 0. The van der Waals surface area contributed by atoms with Crippen molar-refractivity contribution < 1.29 is 4.79 Å². The molecule has 0 fully saturated rings. The van der Waals surface area contributed by atoms with E-state index in [-0.39, 0.29) is 17.6 Å². The summed E-state index contributed by atoms with van der Waals surface area (Å²) in [5.74, 6) is 0.188. The Morgan fingerprint density at radius 1 is 1.04 bits per heavy atom. The Hall–Kier alpha value is -2.74. The molecule has 2 atom stereocenters. The topological polar surface area (TPSA) is 30.0 Å². The zero-order valence-electron chi connectivity index (χ0n) is 14.4. The molecule has 0 saturated carbocycles. The zero-order chi connectivity index (χ0) is 17.2. The Morgan fingerprint density at radius 2 is 1.84 bits per heavy atom. The summed E-state index contributed by atoms with van der Waals surface area (Å²) in [5, 5.41) is 0. The number of Topliss-reactive ketones (excluding diaryl/α,β-unsaturated/α-hetero) is 1. The molecule has 2 aliphatic carbocycles. The number of fused-ring (bicyclic) bond motifs is 2. The number of allylic oxidation sites excluding steroid dienone is 5. The predicted octanol–water partition coefficient (Wildman–Crippen LogP) is 5.49. The summed E-state index contributed by atoms with van der Waals surface area (Å²) in [6.07, 6.45) is 14.6. The van der Waals surface area contributed by atoms with Gasteiger partial charge in [-0.25, -0.2) is 0 Å². The summed E-state index contributed by atoms with van der Waals surface area (Å²) < 4.78 is 0. The molecular weight excluding hydrogens is 306 g/mol. The summed E-state index contributed by atoms with van der Waals surface area (Å²) in [5.41, 5.74) is 4.84. The van der Waals surface area contributed by atoms with E-state index in [1.165, 1.54) is 5.57 Å². The van der Waals surface area contributed by atoms with Crippen molar-refractivity contribution in [2.75, 3.05) is 0 Å². The van der Waals surface area contributed by atoms with Crippen LogP contribution in [0.1, 0.15) is 35.8 Å². The van der Waals surface area contributed by atoms with Crippen LogP contribution in [-0.2, 0) is 0 Å². The van der Waals surface area contributed by atoms with Gasteiger partial charge in [-0.05, 0) is 24.1 Å². The monoisotopic (exact) mass is 327 g/mol. The van der Waals surface area contributed by atoms with Crippen LogP contribution in [0.4, 0.5) is 0 Å². The van der Waals surface area contributed by atoms with E-state index in [9.17, 15) is 4.79 Å². The molecule has 2 nitrogen and oxygen atoms in total. The number of benzene rings is 1. The minimum absolute atomic E-state index is 0.114. The van der Waals surface area contributed by atoms with Crippen molar-refractivity contribution in [2.45, 2.75) is 19.8 Å². The molecule has 4 rings (SSSR count). The fraction of sp³-hybridized carbons (Fsp3) is 0.217. The average Bonchev–Trinajstić information content (AvgIpc) is 2.80. The lowest BCUT2D eigenvalue weighted by Gasteiger charge is -2.21. The molecule has 1 aromatic heterocycles. The van der Waals surface area contributed by atoms with Crippen molar-refractivity contribution in [2.24, 2.45) is 11.8 Å². The van der Waals surface area contributed by atoms with Gasteiger partial charge in [0.2, 0.25) is 0 Å². The van der Waals surface area contributed by atoms with Crippen LogP contribution in [0.3, 0.4) is 0 Å². The molecule has 2 aliphatic rings. The van der Waals surface area contributed by atoms with E-state index in [0.29, 0.717) is 0 Å². The van der Waals surface area contributed by atoms with Gasteiger partial charge < -0.3 is 0 Å². The van der Waals surface area contributed by atoms with Gasteiger partial charge in [0.05, 0.1) is 11.6 Å². The SMILES string of the molecule is CCCC1=CC2C(=O)c3cc(-c4ccccc4)cnc3C=CC2C=C1. The van der Waals surface area contributed by atoms with E-state index in [0.717, 1.165) is 35.2 Å². The number of pyridine rings is 1. The highest BCUT2D eigenvalue weighted by molar-refractivity contribution is 6.03. The Morgan fingerprint density at radius 3 is 2.64 bits per heavy atom. The molecule has 1 aromatic carbocycles. The van der Waals surface area contributed by atoms with Crippen LogP contribution in [0.25, 0.3) is 17.2 Å². The van der Waals surface area contributed by atoms with Gasteiger partial charge in [0.1, 0.15) is 0 Å². The first-order valence-electron chi connectivity index (χ1n) is 8.93. The average molecular weight is 327 g/mol. The first kappa shape index (κ1) is 15.8. The van der Waals surface area contributed by atoms with Crippen molar-refractivity contribution in [3.63, 3.8) is 0 Å². The van der Waals surface area contributed by atoms with Crippen molar-refractivity contribution >= 4 is 11.9 Å². The van der Waals surface area contributed by atoms with Crippen LogP contribution in [0.5, 0.6) is 0 Å². The third-order valence-corrected chi connectivity index (χ3v) is 4.95. The van der Waals surface area contributed by atoms with Crippen molar-refractivity contribution in [3.8, 4) is 11.1 Å². The predicted molar refractivity (Wildman–Crippen MR) is 102 cm³/mol. The minimum atomic E-state index is -0.114. The Labute approximate surface area is 148 Å². The molecule has 2 heteroatoms. The molecule has 0 aliphatic heterocycles. The lowest BCUT2D eigenvalue weighted by atomic mass is 9.81. The van der Waals surface area contributed by atoms with E-state index in [1.54, 1.807) is 0 Å². The highest BCUT2D eigenvalue weighted by atomic mass is 16.1. The number of rotatable bonds is 3. The molecule has 0 bridgehead atoms. The molecule has 0 N–H and O–H groups in total. The second kappa shape index (κ2) is 6.64. The normalized spacial score (nSPS) is 21.3. The van der Waals surface area contributed by atoms with Gasteiger partial charge in [-0.2, -0.15) is 0 Å². The van der Waals surface area contributed by atoms with Gasteiger partial charge in [0.15, 0.2) is 5.78 Å². The Bertz CT molecular complexity index is 890. The second-order valence-electron chi connectivity index (χ2n) is 6.70. The maximum Gasteiger partial charge on any atom is 0.172 e. The summed E-state index contributed by atoms with van der Waals surface area (Å²) in [7, 11) is 0. The van der Waals surface area contributed by atoms with Crippen LogP contribution in [0.15, 0.2) is 72.5 Å². The fourth-order valence-electron chi connectivity index (χ4n) is 3.62. The van der Waals surface area contributed by atoms with Crippen molar-refractivity contribution in [1.82, 2.24) is 4.98 Å². The van der Waals surface area contributed by atoms with Crippen LogP contribution in [0, 0.1) is 11.8 Å². The van der Waals surface area contributed by atoms with Gasteiger partial charge in [0, 0.05) is 23.2 Å². The van der Waals surface area contributed by atoms with Gasteiger partial charge in [-0.15, -0.1) is 0 Å². The Balaban J connectivity index is 1.75. The molecule has 1 heterocycles. The highest BCUT2D eigenvalue weighted by Crippen LogP contribution is 2.34. The van der Waals surface area contributed by atoms with Gasteiger partial charge in [-0.1, -0.05) is 73.6 Å². The third kappa shape index (κ3) is 3.00. The number of carbonyl (C=O) groups is 1. The van der Waals surface area contributed by atoms with Crippen molar-refractivity contribution in [3.05, 3.63) is 83.7 Å². The number of hydrogen-bond acceptors (Lipinski definition) is 2. The van der Waals surface area contributed by atoms with Crippen LogP contribution < -0.4 is 0 Å². The van der Waals surface area contributed by atoms with Crippen LogP contribution in [-0.4, -0.2) is 10.8 Å². The molecule has 124 valence electrons. The number of nitrogens with zero attached hydrogens (tertiary/aromatic N) is 1. The van der Waals surface area contributed by atoms with E-state index >= 15 is 0 Å². The maximum atomic E-state index is 13.2. The fourth-order valence-corrected chi connectivity index (χ4v) is 3.62. The van der Waals surface area contributed by atoms with E-state index in [1.807, 2.05) is 48.7 Å². The minimum Gasteiger partial charge on any atom is -0.293 e. The van der Waals surface area contributed by atoms with E-state index in [4.69, 9.17) is 0 Å². The summed E-state index contributed by atoms with van der Waals surface area (Å²) in [4.78, 5) is 17.8. The summed E-state index contributed by atoms with van der Waals surface area (Å²) in [6, 6.07) is 12.1. The Kier molecular flexibility index (Phi) is 4.19. The smallest absolute Gasteiger partial charge is 0.172 e. The molecule has 0 amide bonds. The largest absolute Gasteiger partial charge is 0.293 e. The van der Waals surface area contributed by atoms with E-state index < -0.39 is 0 Å². The first-order chi connectivity index (χ1) is 12.3. The lowest BCUT2D eigenvalue weighted by Crippen LogP contribution is -2.21. The number of carbonyl (C=O) groups excluding carboxylic acids is 1. The van der Waals surface area contributed by atoms with Gasteiger partial charge in [0.25, 0.3) is 0 Å². The number of ketones is 1. The molecule has 0 radical (unpaired) electrons. The quantitative estimate of drug-likeness (QED) is 0.746. The van der Waals surface area contributed by atoms with E-state index in [2.05, 4.69) is 36.2 Å². The lowest BCUT2D eigenvalue weighted by molar-refractivity contribution is 0.0931. The molecule has 2 aromatic rings. The first-order valence-corrected chi connectivity index (χ1v) is 8.93. The molecule has 2 unspecified atom stereocenters. The van der Waals surface area contributed by atoms with Crippen molar-refractivity contribution in [1.29, 1.82) is 0 Å². The van der Waals surface area contributed by atoms with Crippen LogP contribution >= 0.6 is 0 Å². The van der Waals surface area contributed by atoms with Crippen LogP contribution in [0.2, 0.25) is 0 Å². The second-order valence-corrected chi connectivity index (χ2v) is 6.70. The molecule has 25 heavy (non-hydrogen) atoms.